The monoisotopic (exact) mass is 410 g/mol. The van der Waals surface area contributed by atoms with E-state index in [1.807, 2.05) is 37.8 Å². The molecule has 0 unspecified atom stereocenters. The van der Waals surface area contributed by atoms with Crippen LogP contribution in [0.15, 0.2) is 35.3 Å². The van der Waals surface area contributed by atoms with Crippen molar-refractivity contribution in [1.29, 1.82) is 0 Å². The molecule has 9 heteroatoms. The van der Waals surface area contributed by atoms with Gasteiger partial charge in [0.1, 0.15) is 11.1 Å². The van der Waals surface area contributed by atoms with Crippen LogP contribution >= 0.6 is 0 Å². The van der Waals surface area contributed by atoms with Gasteiger partial charge in [-0.2, -0.15) is 10.1 Å². The minimum atomic E-state index is -0.290. The molecule has 1 aliphatic heterocycles. The van der Waals surface area contributed by atoms with E-state index in [1.54, 1.807) is 35.0 Å². The van der Waals surface area contributed by atoms with Crippen LogP contribution in [0.4, 0.5) is 5.95 Å². The van der Waals surface area contributed by atoms with Gasteiger partial charge in [-0.15, -0.1) is 0 Å². The van der Waals surface area contributed by atoms with Gasteiger partial charge in [0.15, 0.2) is 5.65 Å². The quantitative estimate of drug-likeness (QED) is 0.708. The Hall–Kier alpha value is -3.36. The van der Waals surface area contributed by atoms with Crippen LogP contribution in [0.2, 0.25) is 0 Å². The van der Waals surface area contributed by atoms with Crippen molar-refractivity contribution in [2.45, 2.75) is 26.3 Å². The van der Waals surface area contributed by atoms with Crippen molar-refractivity contribution in [3.05, 3.63) is 46.4 Å². The number of methoxy groups -OCH3 is 1. The molecule has 1 aromatic carbocycles. The number of benzene rings is 1. The van der Waals surface area contributed by atoms with E-state index in [9.17, 15) is 9.59 Å². The van der Waals surface area contributed by atoms with Gasteiger partial charge in [0.25, 0.3) is 11.5 Å². The molecule has 4 rings (SSSR count). The number of H-pyrrole nitrogens is 1. The number of anilines is 1. The summed E-state index contributed by atoms with van der Waals surface area (Å²) in [5, 5.41) is 4.82. The molecule has 3 heterocycles. The Morgan fingerprint density at radius 3 is 2.57 bits per heavy atom. The molecule has 158 valence electrons. The molecule has 9 nitrogen and oxygen atoms in total. The number of nitrogens with zero attached hydrogens (tertiary/aromatic N) is 5. The number of hydrogen-bond acceptors (Lipinski definition) is 6. The SMILES string of the molecule is COc1cccc(C(=O)N2CCN(c3nc4c(cnn4C(C)(C)C)c(=O)[nH]3)CC2)c1. The molecule has 1 amide bonds. The third-order valence-corrected chi connectivity index (χ3v) is 5.24. The predicted molar refractivity (Wildman–Crippen MR) is 114 cm³/mol. The zero-order valence-electron chi connectivity index (χ0n) is 17.7. The van der Waals surface area contributed by atoms with Gasteiger partial charge in [-0.25, -0.2) is 4.68 Å². The Kier molecular flexibility index (Phi) is 4.97. The third-order valence-electron chi connectivity index (χ3n) is 5.24. The highest BCUT2D eigenvalue weighted by atomic mass is 16.5. The average molecular weight is 410 g/mol. The van der Waals surface area contributed by atoms with Crippen LogP contribution in [0.25, 0.3) is 11.0 Å². The molecule has 0 atom stereocenters. The number of amides is 1. The van der Waals surface area contributed by atoms with E-state index < -0.39 is 0 Å². The van der Waals surface area contributed by atoms with Crippen LogP contribution in [-0.2, 0) is 5.54 Å². The van der Waals surface area contributed by atoms with E-state index >= 15 is 0 Å². The molecular weight excluding hydrogens is 384 g/mol. The van der Waals surface area contributed by atoms with Crippen molar-refractivity contribution in [1.82, 2.24) is 24.6 Å². The fourth-order valence-electron chi connectivity index (χ4n) is 3.61. The van der Waals surface area contributed by atoms with Gasteiger partial charge in [-0.3, -0.25) is 14.6 Å². The second-order valence-electron chi connectivity index (χ2n) is 8.37. The second-order valence-corrected chi connectivity index (χ2v) is 8.37. The number of aromatic nitrogens is 4. The molecule has 0 saturated carbocycles. The molecule has 0 radical (unpaired) electrons. The highest BCUT2D eigenvalue weighted by Crippen LogP contribution is 2.21. The molecule has 1 N–H and O–H groups in total. The maximum Gasteiger partial charge on any atom is 0.263 e. The highest BCUT2D eigenvalue weighted by molar-refractivity contribution is 5.94. The van der Waals surface area contributed by atoms with E-state index in [4.69, 9.17) is 4.74 Å². The number of rotatable bonds is 3. The summed E-state index contributed by atoms with van der Waals surface area (Å²) in [4.78, 5) is 36.7. The van der Waals surface area contributed by atoms with E-state index in [0.717, 1.165) is 0 Å². The lowest BCUT2D eigenvalue weighted by atomic mass is 10.1. The Balaban J connectivity index is 1.53. The molecule has 2 aromatic heterocycles. The van der Waals surface area contributed by atoms with Gasteiger partial charge in [0.2, 0.25) is 5.95 Å². The van der Waals surface area contributed by atoms with Crippen LogP contribution in [-0.4, -0.2) is 63.8 Å². The van der Waals surface area contributed by atoms with Crippen molar-refractivity contribution in [3.8, 4) is 5.75 Å². The summed E-state index contributed by atoms with van der Waals surface area (Å²) in [5.74, 6) is 1.13. The van der Waals surface area contributed by atoms with Gasteiger partial charge in [0, 0.05) is 31.7 Å². The Labute approximate surface area is 174 Å². The van der Waals surface area contributed by atoms with Gasteiger partial charge >= 0.3 is 0 Å². The van der Waals surface area contributed by atoms with Crippen LogP contribution in [0.5, 0.6) is 5.75 Å². The molecule has 30 heavy (non-hydrogen) atoms. The average Bonchev–Trinajstić information content (AvgIpc) is 3.18. The lowest BCUT2D eigenvalue weighted by Crippen LogP contribution is -2.49. The number of fused-ring (bicyclic) bond motifs is 1. The summed E-state index contributed by atoms with van der Waals surface area (Å²) in [6.07, 6.45) is 1.56. The van der Waals surface area contributed by atoms with Crippen LogP contribution in [0, 0.1) is 0 Å². The first kappa shape index (κ1) is 19.9. The molecule has 0 bridgehead atoms. The van der Waals surface area contributed by atoms with Crippen molar-refractivity contribution in [2.24, 2.45) is 0 Å². The van der Waals surface area contributed by atoms with Gasteiger partial charge in [-0.05, 0) is 39.0 Å². The van der Waals surface area contributed by atoms with E-state index in [-0.39, 0.29) is 17.0 Å². The van der Waals surface area contributed by atoms with Gasteiger partial charge in [0.05, 0.1) is 18.8 Å². The molecule has 1 fully saturated rings. The van der Waals surface area contributed by atoms with Crippen LogP contribution in [0.1, 0.15) is 31.1 Å². The number of carbonyl (C=O) groups is 1. The fourth-order valence-corrected chi connectivity index (χ4v) is 3.61. The fraction of sp³-hybridized carbons (Fsp3) is 0.429. The highest BCUT2D eigenvalue weighted by Gasteiger charge is 2.25. The van der Waals surface area contributed by atoms with Gasteiger partial charge < -0.3 is 14.5 Å². The summed E-state index contributed by atoms with van der Waals surface area (Å²) >= 11 is 0. The topological polar surface area (TPSA) is 96.3 Å². The number of carbonyl (C=O) groups excluding carboxylic acids is 1. The smallest absolute Gasteiger partial charge is 0.263 e. The minimum Gasteiger partial charge on any atom is -0.497 e. The molecule has 3 aromatic rings. The summed E-state index contributed by atoms with van der Waals surface area (Å²) in [7, 11) is 1.58. The summed E-state index contributed by atoms with van der Waals surface area (Å²) < 4.78 is 6.98. The van der Waals surface area contributed by atoms with Crippen LogP contribution < -0.4 is 15.2 Å². The molecule has 0 spiro atoms. The Morgan fingerprint density at radius 2 is 1.90 bits per heavy atom. The number of aromatic amines is 1. The van der Waals surface area contributed by atoms with E-state index in [0.29, 0.717) is 54.5 Å². The first-order chi connectivity index (χ1) is 14.3. The van der Waals surface area contributed by atoms with Crippen molar-refractivity contribution < 1.29 is 9.53 Å². The molecule has 0 aliphatic carbocycles. The third kappa shape index (κ3) is 3.62. The summed E-state index contributed by atoms with van der Waals surface area (Å²) in [6.45, 7) is 8.29. The van der Waals surface area contributed by atoms with Crippen LogP contribution in [0.3, 0.4) is 0 Å². The molecule has 1 aliphatic rings. The number of piperazine rings is 1. The predicted octanol–water partition coefficient (Wildman–Crippen LogP) is 1.85. The van der Waals surface area contributed by atoms with E-state index in [1.165, 1.54) is 0 Å². The van der Waals surface area contributed by atoms with Crippen molar-refractivity contribution in [2.75, 3.05) is 38.2 Å². The first-order valence-electron chi connectivity index (χ1n) is 9.95. The number of hydrogen-bond donors (Lipinski definition) is 1. The standard InChI is InChI=1S/C21H26N6O3/c1-21(2,3)27-17-16(13-22-27)18(28)24-20(23-17)26-10-8-25(9-11-26)19(29)14-6-5-7-15(12-14)30-4/h5-7,12-13H,8-11H2,1-4H3,(H,23,24,28). The van der Waals surface area contributed by atoms with Gasteiger partial charge in [-0.1, -0.05) is 6.07 Å². The first-order valence-corrected chi connectivity index (χ1v) is 9.95. The number of ether oxygens (including phenoxy) is 1. The molecular formula is C21H26N6O3. The normalized spacial score (nSPS) is 14.9. The minimum absolute atomic E-state index is 0.0312. The summed E-state index contributed by atoms with van der Waals surface area (Å²) in [5.41, 5.74) is 0.670. The Bertz CT molecular complexity index is 1140. The molecule has 1 saturated heterocycles. The lowest BCUT2D eigenvalue weighted by molar-refractivity contribution is 0.0746. The lowest BCUT2D eigenvalue weighted by Gasteiger charge is -2.35. The zero-order valence-corrected chi connectivity index (χ0v) is 17.7. The van der Waals surface area contributed by atoms with Crippen molar-refractivity contribution in [3.63, 3.8) is 0 Å². The van der Waals surface area contributed by atoms with E-state index in [2.05, 4.69) is 15.1 Å². The van der Waals surface area contributed by atoms with Crippen molar-refractivity contribution >= 4 is 22.9 Å². The number of nitrogens with one attached hydrogen (secondary N) is 1. The Morgan fingerprint density at radius 1 is 1.17 bits per heavy atom. The second kappa shape index (κ2) is 7.47. The maximum absolute atomic E-state index is 12.8. The summed E-state index contributed by atoms with van der Waals surface area (Å²) in [6, 6.07) is 7.16. The zero-order chi connectivity index (χ0) is 21.5. The maximum atomic E-state index is 12.8. The largest absolute Gasteiger partial charge is 0.497 e.